The number of hydrogen-bond donors (Lipinski definition) is 0. The minimum Gasteiger partial charge on any atom is -0.376 e. The summed E-state index contributed by atoms with van der Waals surface area (Å²) in [6.07, 6.45) is 4.34. The lowest BCUT2D eigenvalue weighted by Crippen LogP contribution is -2.38. The minimum atomic E-state index is 0.166. The van der Waals surface area contributed by atoms with Crippen LogP contribution in [0.25, 0.3) is 10.2 Å². The van der Waals surface area contributed by atoms with Crippen LogP contribution in [0.3, 0.4) is 0 Å². The van der Waals surface area contributed by atoms with Gasteiger partial charge < -0.3 is 4.74 Å². The first kappa shape index (κ1) is 13.2. The zero-order chi connectivity index (χ0) is 14.2. The van der Waals surface area contributed by atoms with Gasteiger partial charge in [0.1, 0.15) is 0 Å². The summed E-state index contributed by atoms with van der Waals surface area (Å²) in [5.74, 6) is 0.433. The van der Waals surface area contributed by atoms with Gasteiger partial charge in [-0.25, -0.2) is 4.98 Å². The van der Waals surface area contributed by atoms with E-state index in [4.69, 9.17) is 4.74 Å². The van der Waals surface area contributed by atoms with E-state index in [1.807, 2.05) is 23.1 Å². The second-order valence-electron chi connectivity index (χ2n) is 5.82. The molecule has 0 radical (unpaired) electrons. The Labute approximate surface area is 127 Å². The highest BCUT2D eigenvalue weighted by atomic mass is 32.1. The molecular formula is C16H18N2O2S. The highest BCUT2D eigenvalue weighted by Crippen LogP contribution is 2.36. The van der Waals surface area contributed by atoms with E-state index < -0.39 is 0 Å². The summed E-state index contributed by atoms with van der Waals surface area (Å²) in [5, 5.41) is 0.823. The molecule has 1 aromatic heterocycles. The Morgan fingerprint density at radius 2 is 2.19 bits per heavy atom. The van der Waals surface area contributed by atoms with Gasteiger partial charge in [-0.3, -0.25) is 9.69 Å². The fourth-order valence-electron chi connectivity index (χ4n) is 2.78. The topological polar surface area (TPSA) is 42.4 Å². The van der Waals surface area contributed by atoms with Gasteiger partial charge in [0.2, 0.25) is 5.91 Å². The number of aromatic nitrogens is 1. The van der Waals surface area contributed by atoms with Crippen LogP contribution in [0, 0.1) is 5.92 Å². The molecule has 0 bridgehead atoms. The minimum absolute atomic E-state index is 0.166. The molecule has 1 saturated heterocycles. The van der Waals surface area contributed by atoms with Crippen LogP contribution in [-0.2, 0) is 9.53 Å². The molecule has 1 amide bonds. The molecule has 1 aliphatic heterocycles. The van der Waals surface area contributed by atoms with Crippen molar-refractivity contribution in [2.45, 2.75) is 31.8 Å². The van der Waals surface area contributed by atoms with Crippen molar-refractivity contribution in [2.24, 2.45) is 5.92 Å². The summed E-state index contributed by atoms with van der Waals surface area (Å²) in [6.45, 7) is 1.46. The number of hydrogen-bond acceptors (Lipinski definition) is 4. The van der Waals surface area contributed by atoms with Gasteiger partial charge in [0.05, 0.1) is 22.9 Å². The number of rotatable bonds is 4. The lowest BCUT2D eigenvalue weighted by atomic mass is 10.2. The van der Waals surface area contributed by atoms with E-state index in [9.17, 15) is 4.79 Å². The number of amides is 1. The van der Waals surface area contributed by atoms with E-state index in [0.29, 0.717) is 6.54 Å². The molecule has 1 atom stereocenters. The average molecular weight is 302 g/mol. The summed E-state index contributed by atoms with van der Waals surface area (Å²) in [5.41, 5.74) is 0.971. The molecule has 0 spiro atoms. The van der Waals surface area contributed by atoms with Gasteiger partial charge >= 0.3 is 0 Å². The van der Waals surface area contributed by atoms with Crippen LogP contribution in [0.5, 0.6) is 0 Å². The Morgan fingerprint density at radius 1 is 1.33 bits per heavy atom. The van der Waals surface area contributed by atoms with Gasteiger partial charge in [-0.1, -0.05) is 23.5 Å². The fourth-order valence-corrected chi connectivity index (χ4v) is 3.76. The fraction of sp³-hybridized carbons (Fsp3) is 0.500. The van der Waals surface area contributed by atoms with Crippen LogP contribution < -0.4 is 4.90 Å². The predicted octanol–water partition coefficient (Wildman–Crippen LogP) is 3.22. The quantitative estimate of drug-likeness (QED) is 0.871. The van der Waals surface area contributed by atoms with Crippen molar-refractivity contribution in [1.29, 1.82) is 0 Å². The molecular weight excluding hydrogens is 284 g/mol. The predicted molar refractivity (Wildman–Crippen MR) is 83.7 cm³/mol. The largest absolute Gasteiger partial charge is 0.376 e. The van der Waals surface area contributed by atoms with E-state index in [0.717, 1.165) is 47.6 Å². The highest BCUT2D eigenvalue weighted by molar-refractivity contribution is 7.22. The van der Waals surface area contributed by atoms with Gasteiger partial charge in [0.15, 0.2) is 5.13 Å². The third-order valence-electron chi connectivity index (χ3n) is 4.12. The summed E-state index contributed by atoms with van der Waals surface area (Å²) >= 11 is 1.60. The zero-order valence-corrected chi connectivity index (χ0v) is 12.6. The molecule has 4 nitrogen and oxygen atoms in total. The van der Waals surface area contributed by atoms with Gasteiger partial charge in [0.25, 0.3) is 0 Å². The number of carbonyl (C=O) groups excluding carboxylic acids is 1. The van der Waals surface area contributed by atoms with Crippen molar-refractivity contribution < 1.29 is 9.53 Å². The SMILES string of the molecule is O=C(C1CC1)N(CC1CCCO1)c1nc2ccccc2s1. The Hall–Kier alpha value is -1.46. The Balaban J connectivity index is 1.64. The second kappa shape index (κ2) is 5.39. The molecule has 2 heterocycles. The van der Waals surface area contributed by atoms with Crippen molar-refractivity contribution in [3.63, 3.8) is 0 Å². The summed E-state index contributed by atoms with van der Waals surface area (Å²) in [7, 11) is 0. The molecule has 2 aromatic rings. The van der Waals surface area contributed by atoms with Gasteiger partial charge in [-0.05, 0) is 37.8 Å². The van der Waals surface area contributed by atoms with Crippen molar-refractivity contribution in [2.75, 3.05) is 18.1 Å². The zero-order valence-electron chi connectivity index (χ0n) is 11.8. The maximum absolute atomic E-state index is 12.6. The molecule has 1 saturated carbocycles. The summed E-state index contributed by atoms with van der Waals surface area (Å²) in [4.78, 5) is 19.1. The lowest BCUT2D eigenvalue weighted by Gasteiger charge is -2.22. The third-order valence-corrected chi connectivity index (χ3v) is 5.18. The van der Waals surface area contributed by atoms with E-state index in [2.05, 4.69) is 11.1 Å². The van der Waals surface area contributed by atoms with Crippen LogP contribution in [0.15, 0.2) is 24.3 Å². The van der Waals surface area contributed by atoms with Crippen LogP contribution >= 0.6 is 11.3 Å². The summed E-state index contributed by atoms with van der Waals surface area (Å²) in [6, 6.07) is 8.06. The monoisotopic (exact) mass is 302 g/mol. The lowest BCUT2D eigenvalue weighted by molar-refractivity contribution is -0.120. The number of nitrogens with zero attached hydrogens (tertiary/aromatic N) is 2. The Bertz CT molecular complexity index is 626. The number of ether oxygens (including phenoxy) is 1. The van der Waals surface area contributed by atoms with Gasteiger partial charge in [0, 0.05) is 12.5 Å². The second-order valence-corrected chi connectivity index (χ2v) is 6.83. The van der Waals surface area contributed by atoms with Crippen molar-refractivity contribution >= 4 is 32.6 Å². The first-order valence-corrected chi connectivity index (χ1v) is 8.41. The van der Waals surface area contributed by atoms with Crippen LogP contribution in [0.2, 0.25) is 0 Å². The van der Waals surface area contributed by atoms with E-state index in [1.165, 1.54) is 0 Å². The molecule has 1 aromatic carbocycles. The van der Waals surface area contributed by atoms with Crippen LogP contribution in [0.1, 0.15) is 25.7 Å². The molecule has 110 valence electrons. The molecule has 0 N–H and O–H groups in total. The maximum Gasteiger partial charge on any atom is 0.231 e. The number of thiazole rings is 1. The number of anilines is 1. The third kappa shape index (κ3) is 2.68. The molecule has 4 rings (SSSR count). The van der Waals surface area contributed by atoms with Gasteiger partial charge in [-0.15, -0.1) is 0 Å². The van der Waals surface area contributed by atoms with Crippen molar-refractivity contribution in [3.8, 4) is 0 Å². The molecule has 1 unspecified atom stereocenters. The highest BCUT2D eigenvalue weighted by Gasteiger charge is 2.36. The molecule has 2 aliphatic rings. The van der Waals surface area contributed by atoms with E-state index in [-0.39, 0.29) is 17.9 Å². The number of fused-ring (bicyclic) bond motifs is 1. The van der Waals surface area contributed by atoms with Crippen molar-refractivity contribution in [1.82, 2.24) is 4.98 Å². The molecule has 21 heavy (non-hydrogen) atoms. The average Bonchev–Trinajstić information content (AvgIpc) is 3.06. The normalized spacial score (nSPS) is 21.8. The first-order valence-electron chi connectivity index (χ1n) is 7.60. The van der Waals surface area contributed by atoms with Gasteiger partial charge in [-0.2, -0.15) is 0 Å². The molecule has 5 heteroatoms. The number of para-hydroxylation sites is 1. The standard InChI is InChI=1S/C16H18N2O2S/c19-15(11-7-8-11)18(10-12-4-3-9-20-12)16-17-13-5-1-2-6-14(13)21-16/h1-2,5-6,11-12H,3-4,7-10H2. The smallest absolute Gasteiger partial charge is 0.231 e. The van der Waals surface area contributed by atoms with Crippen molar-refractivity contribution in [3.05, 3.63) is 24.3 Å². The molecule has 1 aliphatic carbocycles. The van der Waals surface area contributed by atoms with E-state index >= 15 is 0 Å². The van der Waals surface area contributed by atoms with E-state index in [1.54, 1.807) is 11.3 Å². The van der Waals surface area contributed by atoms with Crippen LogP contribution in [-0.4, -0.2) is 30.1 Å². The maximum atomic E-state index is 12.6. The number of carbonyl (C=O) groups is 1. The Kier molecular flexibility index (Phi) is 3.39. The molecule has 2 fully saturated rings. The summed E-state index contributed by atoms with van der Waals surface area (Å²) < 4.78 is 6.85. The number of benzene rings is 1. The Morgan fingerprint density at radius 3 is 2.90 bits per heavy atom. The van der Waals surface area contributed by atoms with Crippen LogP contribution in [0.4, 0.5) is 5.13 Å². The first-order chi connectivity index (χ1) is 10.3.